The Kier molecular flexibility index (Phi) is 5.64. The molecule has 0 spiro atoms. The lowest BCUT2D eigenvalue weighted by Gasteiger charge is -2.33. The third kappa shape index (κ3) is 4.46. The maximum Gasteiger partial charge on any atom is 0.225 e. The van der Waals surface area contributed by atoms with Gasteiger partial charge in [0.2, 0.25) is 5.91 Å². The normalized spacial score (nSPS) is 27.3. The molecule has 19 heavy (non-hydrogen) atoms. The van der Waals surface area contributed by atoms with Gasteiger partial charge in [0.05, 0.1) is 13.2 Å². The van der Waals surface area contributed by atoms with Crippen LogP contribution in [0.3, 0.4) is 0 Å². The van der Waals surface area contributed by atoms with E-state index in [1.54, 1.807) is 0 Å². The van der Waals surface area contributed by atoms with Crippen LogP contribution >= 0.6 is 0 Å². The van der Waals surface area contributed by atoms with Crippen molar-refractivity contribution in [3.8, 4) is 0 Å². The van der Waals surface area contributed by atoms with Gasteiger partial charge in [-0.1, -0.05) is 13.8 Å². The summed E-state index contributed by atoms with van der Waals surface area (Å²) in [4.78, 5) is 16.9. The lowest BCUT2D eigenvalue weighted by atomic mass is 9.98. The van der Waals surface area contributed by atoms with Gasteiger partial charge in [-0.05, 0) is 31.7 Å². The second kappa shape index (κ2) is 7.25. The SMILES string of the molecule is CC1CCCN(C(=O)C(C)CCN2CCOCC2)C1. The fourth-order valence-corrected chi connectivity index (χ4v) is 3.03. The third-order valence-electron chi connectivity index (χ3n) is 4.37. The molecule has 0 saturated carbocycles. The van der Waals surface area contributed by atoms with Crippen molar-refractivity contribution in [1.29, 1.82) is 0 Å². The molecular formula is C15H28N2O2. The van der Waals surface area contributed by atoms with Crippen molar-refractivity contribution in [1.82, 2.24) is 9.80 Å². The Balaban J connectivity index is 1.72. The van der Waals surface area contributed by atoms with Gasteiger partial charge in [0.25, 0.3) is 0 Å². The molecule has 2 unspecified atom stereocenters. The van der Waals surface area contributed by atoms with Gasteiger partial charge in [0, 0.05) is 32.1 Å². The zero-order valence-corrected chi connectivity index (χ0v) is 12.4. The van der Waals surface area contributed by atoms with Gasteiger partial charge < -0.3 is 9.64 Å². The lowest BCUT2D eigenvalue weighted by Crippen LogP contribution is -2.43. The molecule has 0 aliphatic carbocycles. The highest BCUT2D eigenvalue weighted by molar-refractivity contribution is 5.78. The fraction of sp³-hybridized carbons (Fsp3) is 0.933. The van der Waals surface area contributed by atoms with Crippen molar-refractivity contribution in [2.24, 2.45) is 11.8 Å². The zero-order valence-electron chi connectivity index (χ0n) is 12.4. The van der Waals surface area contributed by atoms with Crippen molar-refractivity contribution >= 4 is 5.91 Å². The largest absolute Gasteiger partial charge is 0.379 e. The molecule has 2 fully saturated rings. The molecular weight excluding hydrogens is 240 g/mol. The first-order valence-electron chi connectivity index (χ1n) is 7.75. The summed E-state index contributed by atoms with van der Waals surface area (Å²) in [5.74, 6) is 1.19. The van der Waals surface area contributed by atoms with E-state index in [-0.39, 0.29) is 5.92 Å². The maximum absolute atomic E-state index is 12.4. The van der Waals surface area contributed by atoms with Gasteiger partial charge in [-0.2, -0.15) is 0 Å². The predicted molar refractivity (Wildman–Crippen MR) is 76.0 cm³/mol. The Morgan fingerprint density at radius 1 is 1.32 bits per heavy atom. The van der Waals surface area contributed by atoms with Gasteiger partial charge in [-0.3, -0.25) is 9.69 Å². The molecule has 110 valence electrons. The number of amides is 1. The summed E-state index contributed by atoms with van der Waals surface area (Å²) >= 11 is 0. The summed E-state index contributed by atoms with van der Waals surface area (Å²) in [6, 6.07) is 0. The molecule has 0 N–H and O–H groups in total. The number of hydrogen-bond donors (Lipinski definition) is 0. The molecule has 1 amide bonds. The average molecular weight is 268 g/mol. The Labute approximate surface area is 117 Å². The number of morpholine rings is 1. The van der Waals surface area contributed by atoms with E-state index in [1.807, 2.05) is 0 Å². The van der Waals surface area contributed by atoms with Crippen LogP contribution in [0.4, 0.5) is 0 Å². The Hall–Kier alpha value is -0.610. The van der Waals surface area contributed by atoms with Crippen LogP contribution in [0.1, 0.15) is 33.1 Å². The number of carbonyl (C=O) groups is 1. The molecule has 2 rings (SSSR count). The van der Waals surface area contributed by atoms with Crippen LogP contribution in [-0.4, -0.2) is 61.6 Å². The molecule has 0 radical (unpaired) electrons. The summed E-state index contributed by atoms with van der Waals surface area (Å²) in [7, 11) is 0. The van der Waals surface area contributed by atoms with Crippen molar-refractivity contribution in [3.05, 3.63) is 0 Å². The first kappa shape index (κ1) is 14.8. The Morgan fingerprint density at radius 3 is 2.74 bits per heavy atom. The molecule has 4 heteroatoms. The second-order valence-electron chi connectivity index (χ2n) is 6.18. The number of rotatable bonds is 4. The third-order valence-corrected chi connectivity index (χ3v) is 4.37. The summed E-state index contributed by atoms with van der Waals surface area (Å²) in [5, 5.41) is 0. The van der Waals surface area contributed by atoms with Crippen molar-refractivity contribution < 1.29 is 9.53 Å². The maximum atomic E-state index is 12.4. The topological polar surface area (TPSA) is 32.8 Å². The minimum Gasteiger partial charge on any atom is -0.379 e. The highest BCUT2D eigenvalue weighted by atomic mass is 16.5. The number of carbonyl (C=O) groups excluding carboxylic acids is 1. The standard InChI is InChI=1S/C15H28N2O2/c1-13-4-3-6-17(12-13)15(18)14(2)5-7-16-8-10-19-11-9-16/h13-14H,3-12H2,1-2H3. The minimum absolute atomic E-state index is 0.160. The van der Waals surface area contributed by atoms with E-state index in [0.29, 0.717) is 11.8 Å². The first-order chi connectivity index (χ1) is 9.16. The second-order valence-corrected chi connectivity index (χ2v) is 6.18. The van der Waals surface area contributed by atoms with Crippen LogP contribution in [0, 0.1) is 11.8 Å². The van der Waals surface area contributed by atoms with Crippen molar-refractivity contribution in [2.45, 2.75) is 33.1 Å². The highest BCUT2D eigenvalue weighted by Gasteiger charge is 2.25. The monoisotopic (exact) mass is 268 g/mol. The average Bonchev–Trinajstić information content (AvgIpc) is 2.45. The molecule has 0 bridgehead atoms. The molecule has 2 aliphatic heterocycles. The van der Waals surface area contributed by atoms with Crippen molar-refractivity contribution in [2.75, 3.05) is 45.9 Å². The smallest absolute Gasteiger partial charge is 0.225 e. The van der Waals surface area contributed by atoms with E-state index >= 15 is 0 Å². The van der Waals surface area contributed by atoms with E-state index in [2.05, 4.69) is 23.6 Å². The Bertz CT molecular complexity index is 290. The van der Waals surface area contributed by atoms with E-state index in [9.17, 15) is 4.79 Å². The number of ether oxygens (including phenoxy) is 1. The van der Waals surface area contributed by atoms with Crippen LogP contribution in [0.15, 0.2) is 0 Å². The summed E-state index contributed by atoms with van der Waals surface area (Å²) in [5.41, 5.74) is 0. The van der Waals surface area contributed by atoms with Crippen LogP contribution in [0.2, 0.25) is 0 Å². The highest BCUT2D eigenvalue weighted by Crippen LogP contribution is 2.18. The van der Waals surface area contributed by atoms with Gasteiger partial charge in [-0.15, -0.1) is 0 Å². The summed E-state index contributed by atoms with van der Waals surface area (Å²) < 4.78 is 5.34. The van der Waals surface area contributed by atoms with E-state index in [4.69, 9.17) is 4.74 Å². The number of hydrogen-bond acceptors (Lipinski definition) is 3. The predicted octanol–water partition coefficient (Wildman–Crippen LogP) is 1.60. The molecule has 0 aromatic carbocycles. The fourth-order valence-electron chi connectivity index (χ4n) is 3.03. The van der Waals surface area contributed by atoms with Crippen molar-refractivity contribution in [3.63, 3.8) is 0 Å². The zero-order chi connectivity index (χ0) is 13.7. The summed E-state index contributed by atoms with van der Waals surface area (Å²) in [6.07, 6.45) is 3.42. The lowest BCUT2D eigenvalue weighted by molar-refractivity contribution is -0.137. The van der Waals surface area contributed by atoms with Gasteiger partial charge in [0.15, 0.2) is 0 Å². The van der Waals surface area contributed by atoms with E-state index < -0.39 is 0 Å². The molecule has 4 nitrogen and oxygen atoms in total. The van der Waals surface area contributed by atoms with Crippen LogP contribution in [0.5, 0.6) is 0 Å². The molecule has 2 atom stereocenters. The van der Waals surface area contributed by atoms with E-state index in [1.165, 1.54) is 12.8 Å². The number of likely N-dealkylation sites (tertiary alicyclic amines) is 1. The minimum atomic E-state index is 0.160. The molecule has 2 aliphatic rings. The molecule has 0 aromatic heterocycles. The molecule has 2 heterocycles. The van der Waals surface area contributed by atoms with Crippen LogP contribution in [0.25, 0.3) is 0 Å². The quantitative estimate of drug-likeness (QED) is 0.776. The number of piperidine rings is 1. The van der Waals surface area contributed by atoms with Crippen LogP contribution in [-0.2, 0) is 9.53 Å². The van der Waals surface area contributed by atoms with Crippen LogP contribution < -0.4 is 0 Å². The Morgan fingerprint density at radius 2 is 2.05 bits per heavy atom. The molecule has 0 aromatic rings. The molecule has 2 saturated heterocycles. The van der Waals surface area contributed by atoms with E-state index in [0.717, 1.165) is 52.4 Å². The van der Waals surface area contributed by atoms with Gasteiger partial charge in [0.1, 0.15) is 0 Å². The van der Waals surface area contributed by atoms with Gasteiger partial charge >= 0.3 is 0 Å². The van der Waals surface area contributed by atoms with Gasteiger partial charge in [-0.25, -0.2) is 0 Å². The first-order valence-corrected chi connectivity index (χ1v) is 7.75. The summed E-state index contributed by atoms with van der Waals surface area (Å²) in [6.45, 7) is 11.0. The number of nitrogens with zero attached hydrogens (tertiary/aromatic N) is 2.